The molecule has 2 saturated carbocycles. The molecule has 0 spiro atoms. The molecule has 1 heterocycles. The van der Waals surface area contributed by atoms with Gasteiger partial charge in [-0.05, 0) is 57.0 Å². The molecule has 82 valence electrons. The standard InChI is InChI=1S/C11H16ClN3/c1-11(2,8-5-6-8)15-9(7-3-4-7)13-14-10(15)12/h7-8H,3-6H2,1-2H3. The molecular formula is C11H16ClN3. The number of halogens is 1. The molecule has 4 heteroatoms. The van der Waals surface area contributed by atoms with Crippen LogP contribution in [0.2, 0.25) is 5.28 Å². The second kappa shape index (κ2) is 2.97. The number of hydrogen-bond donors (Lipinski definition) is 0. The maximum absolute atomic E-state index is 6.16. The molecule has 1 aromatic heterocycles. The Morgan fingerprint density at radius 2 is 1.87 bits per heavy atom. The van der Waals surface area contributed by atoms with Gasteiger partial charge in [0.1, 0.15) is 5.82 Å². The van der Waals surface area contributed by atoms with Gasteiger partial charge in [0, 0.05) is 11.5 Å². The minimum atomic E-state index is 0.0957. The van der Waals surface area contributed by atoms with Crippen LogP contribution in [0.3, 0.4) is 0 Å². The first-order valence-corrected chi connectivity index (χ1v) is 6.10. The third-order valence-electron chi connectivity index (χ3n) is 3.74. The van der Waals surface area contributed by atoms with Gasteiger partial charge in [-0.2, -0.15) is 0 Å². The van der Waals surface area contributed by atoms with Crippen LogP contribution in [0.4, 0.5) is 0 Å². The highest BCUT2D eigenvalue weighted by molar-refractivity contribution is 6.28. The molecule has 0 unspecified atom stereocenters. The normalized spacial score (nSPS) is 22.1. The summed E-state index contributed by atoms with van der Waals surface area (Å²) in [6.07, 6.45) is 5.11. The summed E-state index contributed by atoms with van der Waals surface area (Å²) < 4.78 is 2.17. The van der Waals surface area contributed by atoms with Gasteiger partial charge < -0.3 is 0 Å². The second-order valence-corrected chi connectivity index (χ2v) is 5.70. The van der Waals surface area contributed by atoms with Crippen LogP contribution < -0.4 is 0 Å². The van der Waals surface area contributed by atoms with E-state index in [0.29, 0.717) is 11.2 Å². The van der Waals surface area contributed by atoms with Crippen molar-refractivity contribution in [2.45, 2.75) is 51.0 Å². The van der Waals surface area contributed by atoms with E-state index in [0.717, 1.165) is 11.7 Å². The maximum atomic E-state index is 6.16. The molecule has 3 nitrogen and oxygen atoms in total. The van der Waals surface area contributed by atoms with Crippen LogP contribution >= 0.6 is 11.6 Å². The zero-order chi connectivity index (χ0) is 10.6. The van der Waals surface area contributed by atoms with Crippen LogP contribution in [0, 0.1) is 5.92 Å². The van der Waals surface area contributed by atoms with Crippen molar-refractivity contribution in [3.8, 4) is 0 Å². The first kappa shape index (κ1) is 9.64. The van der Waals surface area contributed by atoms with E-state index >= 15 is 0 Å². The van der Waals surface area contributed by atoms with E-state index in [1.165, 1.54) is 25.7 Å². The van der Waals surface area contributed by atoms with Gasteiger partial charge >= 0.3 is 0 Å². The van der Waals surface area contributed by atoms with Gasteiger partial charge in [-0.15, -0.1) is 10.2 Å². The monoisotopic (exact) mass is 225 g/mol. The highest BCUT2D eigenvalue weighted by Gasteiger charge is 2.43. The van der Waals surface area contributed by atoms with E-state index in [9.17, 15) is 0 Å². The minimum Gasteiger partial charge on any atom is -0.296 e. The fourth-order valence-corrected chi connectivity index (χ4v) is 2.73. The summed E-state index contributed by atoms with van der Waals surface area (Å²) in [7, 11) is 0. The lowest BCUT2D eigenvalue weighted by molar-refractivity contribution is 0.295. The third-order valence-corrected chi connectivity index (χ3v) is 3.99. The summed E-state index contributed by atoms with van der Waals surface area (Å²) in [6, 6.07) is 0. The Bertz CT molecular complexity index is 389. The van der Waals surface area contributed by atoms with Crippen LogP contribution in [0.5, 0.6) is 0 Å². The fourth-order valence-electron chi connectivity index (χ4n) is 2.39. The van der Waals surface area contributed by atoms with Crippen molar-refractivity contribution in [2.24, 2.45) is 5.92 Å². The minimum absolute atomic E-state index is 0.0957. The molecule has 15 heavy (non-hydrogen) atoms. The van der Waals surface area contributed by atoms with Crippen molar-refractivity contribution >= 4 is 11.6 Å². The number of hydrogen-bond acceptors (Lipinski definition) is 2. The van der Waals surface area contributed by atoms with E-state index in [2.05, 4.69) is 28.6 Å². The lowest BCUT2D eigenvalue weighted by Gasteiger charge is -2.28. The number of nitrogens with zero attached hydrogens (tertiary/aromatic N) is 3. The molecule has 0 amide bonds. The third kappa shape index (κ3) is 1.48. The van der Waals surface area contributed by atoms with Gasteiger partial charge in [-0.25, -0.2) is 0 Å². The van der Waals surface area contributed by atoms with E-state index in [1.807, 2.05) is 0 Å². The summed E-state index contributed by atoms with van der Waals surface area (Å²) in [5.41, 5.74) is 0.0957. The van der Waals surface area contributed by atoms with Crippen molar-refractivity contribution in [1.82, 2.24) is 14.8 Å². The molecule has 2 aliphatic carbocycles. The number of rotatable bonds is 3. The van der Waals surface area contributed by atoms with E-state index in [-0.39, 0.29) is 5.54 Å². The van der Waals surface area contributed by atoms with Gasteiger partial charge in [0.2, 0.25) is 5.28 Å². The molecule has 1 aromatic rings. The molecule has 2 aliphatic rings. The maximum Gasteiger partial charge on any atom is 0.225 e. The Hall–Kier alpha value is -0.570. The zero-order valence-corrected chi connectivity index (χ0v) is 9.96. The van der Waals surface area contributed by atoms with Gasteiger partial charge in [0.15, 0.2) is 0 Å². The van der Waals surface area contributed by atoms with Crippen molar-refractivity contribution in [3.63, 3.8) is 0 Å². The number of aromatic nitrogens is 3. The molecule has 0 bridgehead atoms. The summed E-state index contributed by atoms with van der Waals surface area (Å²) in [4.78, 5) is 0. The average Bonchev–Trinajstić information content (AvgIpc) is 3.02. The molecule has 0 N–H and O–H groups in total. The van der Waals surface area contributed by atoms with Crippen LogP contribution in [-0.2, 0) is 5.54 Å². The molecule has 3 rings (SSSR count). The molecule has 2 fully saturated rings. The lowest BCUT2D eigenvalue weighted by Crippen LogP contribution is -2.30. The first-order chi connectivity index (χ1) is 7.10. The van der Waals surface area contributed by atoms with Crippen molar-refractivity contribution in [2.75, 3.05) is 0 Å². The van der Waals surface area contributed by atoms with Crippen LogP contribution in [0.25, 0.3) is 0 Å². The SMILES string of the molecule is CC(C)(C1CC1)n1c(Cl)nnc1C1CC1. The second-order valence-electron chi connectivity index (χ2n) is 5.36. The highest BCUT2D eigenvalue weighted by Crippen LogP contribution is 2.48. The quantitative estimate of drug-likeness (QED) is 0.792. The highest BCUT2D eigenvalue weighted by atomic mass is 35.5. The molecule has 0 radical (unpaired) electrons. The zero-order valence-electron chi connectivity index (χ0n) is 9.20. The molecule has 0 aromatic carbocycles. The smallest absolute Gasteiger partial charge is 0.225 e. The Morgan fingerprint density at radius 1 is 1.20 bits per heavy atom. The Balaban J connectivity index is 2.04. The van der Waals surface area contributed by atoms with Gasteiger partial charge in [0.25, 0.3) is 0 Å². The van der Waals surface area contributed by atoms with Gasteiger partial charge in [-0.1, -0.05) is 0 Å². The summed E-state index contributed by atoms with van der Waals surface area (Å²) in [5.74, 6) is 2.48. The lowest BCUT2D eigenvalue weighted by atomic mass is 9.98. The Kier molecular flexibility index (Phi) is 1.91. The molecular weight excluding hydrogens is 210 g/mol. The van der Waals surface area contributed by atoms with E-state index < -0.39 is 0 Å². The predicted molar refractivity (Wildman–Crippen MR) is 59.1 cm³/mol. The van der Waals surface area contributed by atoms with Crippen LogP contribution in [0.1, 0.15) is 51.3 Å². The van der Waals surface area contributed by atoms with E-state index in [1.54, 1.807) is 0 Å². The fraction of sp³-hybridized carbons (Fsp3) is 0.818. The van der Waals surface area contributed by atoms with Crippen LogP contribution in [0.15, 0.2) is 0 Å². The van der Waals surface area contributed by atoms with E-state index in [4.69, 9.17) is 11.6 Å². The van der Waals surface area contributed by atoms with Gasteiger partial charge in [0.05, 0.1) is 0 Å². The topological polar surface area (TPSA) is 30.7 Å². The molecule has 0 saturated heterocycles. The van der Waals surface area contributed by atoms with Crippen molar-refractivity contribution < 1.29 is 0 Å². The largest absolute Gasteiger partial charge is 0.296 e. The van der Waals surface area contributed by atoms with Gasteiger partial charge in [-0.3, -0.25) is 4.57 Å². The summed E-state index contributed by atoms with van der Waals surface area (Å²) >= 11 is 6.16. The van der Waals surface area contributed by atoms with Crippen molar-refractivity contribution in [3.05, 3.63) is 11.1 Å². The van der Waals surface area contributed by atoms with Crippen LogP contribution in [-0.4, -0.2) is 14.8 Å². The Labute approximate surface area is 94.8 Å². The Morgan fingerprint density at radius 3 is 2.40 bits per heavy atom. The summed E-state index contributed by atoms with van der Waals surface area (Å²) in [6.45, 7) is 4.51. The first-order valence-electron chi connectivity index (χ1n) is 5.72. The summed E-state index contributed by atoms with van der Waals surface area (Å²) in [5, 5.41) is 8.83. The average molecular weight is 226 g/mol. The molecule has 0 atom stereocenters. The van der Waals surface area contributed by atoms with Crippen molar-refractivity contribution in [1.29, 1.82) is 0 Å². The molecule has 0 aliphatic heterocycles. The predicted octanol–water partition coefficient (Wildman–Crippen LogP) is 2.95.